The fourth-order valence-electron chi connectivity index (χ4n) is 7.69. The smallest absolute Gasteiger partial charge is 0.223 e. The average Bonchev–Trinajstić information content (AvgIpc) is 3.11. The van der Waals surface area contributed by atoms with E-state index in [1.165, 1.54) is 4.80 Å². The van der Waals surface area contributed by atoms with Gasteiger partial charge in [-0.1, -0.05) is 24.3 Å². The van der Waals surface area contributed by atoms with E-state index in [9.17, 15) is 9.90 Å². The molecule has 1 N–H and O–H groups in total. The Balaban J connectivity index is 1.23. The first-order chi connectivity index (χ1) is 14.5. The molecular formula is C23H31N5O2. The maximum atomic E-state index is 13.5. The van der Waals surface area contributed by atoms with Crippen LogP contribution in [-0.4, -0.2) is 55.3 Å². The number of aromatic nitrogens is 4. The van der Waals surface area contributed by atoms with Crippen molar-refractivity contribution in [2.24, 2.45) is 42.1 Å². The van der Waals surface area contributed by atoms with Crippen LogP contribution in [0.15, 0.2) is 24.3 Å². The minimum atomic E-state index is -0.108. The predicted octanol–water partition coefficient (Wildman–Crippen LogP) is 2.07. The van der Waals surface area contributed by atoms with E-state index in [1.807, 2.05) is 4.90 Å². The minimum Gasteiger partial charge on any atom is -0.393 e. The second kappa shape index (κ2) is 6.74. The number of nitrogens with zero attached hydrogens (tertiary/aromatic N) is 5. The van der Waals surface area contributed by atoms with E-state index in [2.05, 4.69) is 39.7 Å². The number of carbonyl (C=O) groups is 1. The highest BCUT2D eigenvalue weighted by Crippen LogP contribution is 2.67. The van der Waals surface area contributed by atoms with Gasteiger partial charge in [-0.05, 0) is 72.3 Å². The average molecular weight is 410 g/mol. The van der Waals surface area contributed by atoms with E-state index >= 15 is 0 Å². The van der Waals surface area contributed by atoms with Gasteiger partial charge in [0, 0.05) is 19.5 Å². The quantitative estimate of drug-likeness (QED) is 0.823. The Morgan fingerprint density at radius 2 is 1.87 bits per heavy atom. The molecule has 1 atom stereocenters. The standard InChI is InChI=1S/C23H31N5O2/c1-27-25-22(24-26-27)16-12-28(13-16)20(29)11-23(17-5-3-2-4-6-17)18-7-14-8-19(23)10-15(9-18)21(14)30/h2-5,14-19,21,30H,6-13H2,1H3. The van der Waals surface area contributed by atoms with Crippen LogP contribution < -0.4 is 0 Å². The van der Waals surface area contributed by atoms with Crippen molar-refractivity contribution in [3.63, 3.8) is 0 Å². The number of aliphatic hydroxyl groups is 1. The molecular weight excluding hydrogens is 378 g/mol. The number of likely N-dealkylation sites (tertiary alicyclic amines) is 1. The van der Waals surface area contributed by atoms with Crippen LogP contribution in [0.5, 0.6) is 0 Å². The summed E-state index contributed by atoms with van der Waals surface area (Å²) in [5, 5.41) is 23.0. The maximum Gasteiger partial charge on any atom is 0.223 e. The molecule has 6 aliphatic rings. The lowest BCUT2D eigenvalue weighted by Crippen LogP contribution is -2.62. The first-order valence-corrected chi connectivity index (χ1v) is 11.6. The number of tetrazole rings is 1. The summed E-state index contributed by atoms with van der Waals surface area (Å²) in [4.78, 5) is 17.0. The highest BCUT2D eigenvalue weighted by atomic mass is 16.3. The van der Waals surface area contributed by atoms with Gasteiger partial charge in [-0.3, -0.25) is 4.79 Å². The topological polar surface area (TPSA) is 84.1 Å². The molecule has 7 heteroatoms. The summed E-state index contributed by atoms with van der Waals surface area (Å²) in [7, 11) is 1.78. The molecule has 1 unspecified atom stereocenters. The van der Waals surface area contributed by atoms with Crippen molar-refractivity contribution in [1.29, 1.82) is 0 Å². The van der Waals surface area contributed by atoms with E-state index in [0.29, 0.717) is 55.0 Å². The molecule has 160 valence electrons. The molecule has 0 spiro atoms. The van der Waals surface area contributed by atoms with Crippen molar-refractivity contribution in [3.05, 3.63) is 30.1 Å². The third kappa shape index (κ3) is 2.67. The summed E-state index contributed by atoms with van der Waals surface area (Å²) >= 11 is 0. The van der Waals surface area contributed by atoms with Crippen LogP contribution in [0.2, 0.25) is 0 Å². The molecule has 4 bridgehead atoms. The highest BCUT2D eigenvalue weighted by molar-refractivity contribution is 5.78. The zero-order valence-corrected chi connectivity index (χ0v) is 17.6. The largest absolute Gasteiger partial charge is 0.393 e. The Morgan fingerprint density at radius 1 is 1.17 bits per heavy atom. The molecule has 1 aromatic heterocycles. The summed E-state index contributed by atoms with van der Waals surface area (Å²) < 4.78 is 0. The first-order valence-electron chi connectivity index (χ1n) is 11.6. The van der Waals surface area contributed by atoms with Gasteiger partial charge in [-0.2, -0.15) is 4.80 Å². The maximum absolute atomic E-state index is 13.5. The van der Waals surface area contributed by atoms with Crippen molar-refractivity contribution in [2.45, 2.75) is 50.5 Å². The van der Waals surface area contributed by atoms with Crippen molar-refractivity contribution >= 4 is 5.91 Å². The van der Waals surface area contributed by atoms with E-state index in [-0.39, 0.29) is 17.4 Å². The zero-order chi connectivity index (χ0) is 20.5. The van der Waals surface area contributed by atoms with Gasteiger partial charge in [0.05, 0.1) is 19.1 Å². The SMILES string of the molecule is Cn1nnc(C2CN(C(=O)CC3(C4C=CC=CC4)C4CC5CC3CC(C4)C5O)C2)n1. The van der Waals surface area contributed by atoms with Crippen molar-refractivity contribution in [2.75, 3.05) is 13.1 Å². The van der Waals surface area contributed by atoms with Gasteiger partial charge in [0.25, 0.3) is 0 Å². The lowest BCUT2D eigenvalue weighted by molar-refractivity contribution is -0.189. The molecule has 4 saturated carbocycles. The van der Waals surface area contributed by atoms with Crippen molar-refractivity contribution < 1.29 is 9.90 Å². The fourth-order valence-corrected chi connectivity index (χ4v) is 7.69. The number of rotatable bonds is 4. The third-order valence-electron chi connectivity index (χ3n) is 9.09. The molecule has 30 heavy (non-hydrogen) atoms. The summed E-state index contributed by atoms with van der Waals surface area (Å²) in [5.74, 6) is 3.73. The van der Waals surface area contributed by atoms with Crippen LogP contribution in [0.25, 0.3) is 0 Å². The van der Waals surface area contributed by atoms with E-state index < -0.39 is 0 Å². The number of amides is 1. The summed E-state index contributed by atoms with van der Waals surface area (Å²) in [6.45, 7) is 1.42. The van der Waals surface area contributed by atoms with Gasteiger partial charge in [0.2, 0.25) is 5.91 Å². The van der Waals surface area contributed by atoms with Gasteiger partial charge in [0.1, 0.15) is 0 Å². The lowest BCUT2D eigenvalue weighted by atomic mass is 9.40. The van der Waals surface area contributed by atoms with Gasteiger partial charge in [-0.15, -0.1) is 10.2 Å². The molecule has 0 radical (unpaired) electrons. The molecule has 2 heterocycles. The molecule has 1 amide bonds. The van der Waals surface area contributed by atoms with Crippen LogP contribution in [-0.2, 0) is 11.8 Å². The molecule has 1 aliphatic heterocycles. The Kier molecular flexibility index (Phi) is 4.21. The summed E-state index contributed by atoms with van der Waals surface area (Å²) in [6.07, 6.45) is 14.9. The van der Waals surface area contributed by atoms with Gasteiger partial charge in [-0.25, -0.2) is 0 Å². The van der Waals surface area contributed by atoms with Crippen molar-refractivity contribution in [1.82, 2.24) is 25.1 Å². The molecule has 7 rings (SSSR count). The number of hydrogen-bond acceptors (Lipinski definition) is 5. The summed E-state index contributed by atoms with van der Waals surface area (Å²) in [5.41, 5.74) is 0.0569. The van der Waals surface area contributed by atoms with E-state index in [1.54, 1.807) is 7.05 Å². The zero-order valence-electron chi connectivity index (χ0n) is 17.6. The van der Waals surface area contributed by atoms with Gasteiger partial charge < -0.3 is 10.0 Å². The number of hydrogen-bond donors (Lipinski definition) is 1. The molecule has 7 nitrogen and oxygen atoms in total. The van der Waals surface area contributed by atoms with Crippen LogP contribution in [0.1, 0.15) is 50.3 Å². The Hall–Kier alpha value is -2.02. The fraction of sp³-hybridized carbons (Fsp3) is 0.739. The lowest BCUT2D eigenvalue weighted by Gasteiger charge is -2.65. The minimum absolute atomic E-state index is 0.0569. The molecule has 5 aliphatic carbocycles. The van der Waals surface area contributed by atoms with Gasteiger partial charge >= 0.3 is 0 Å². The van der Waals surface area contributed by atoms with Crippen LogP contribution in [0.4, 0.5) is 0 Å². The number of aryl methyl sites for hydroxylation is 1. The molecule has 1 saturated heterocycles. The highest BCUT2D eigenvalue weighted by Gasteiger charge is 2.62. The monoisotopic (exact) mass is 409 g/mol. The van der Waals surface area contributed by atoms with E-state index in [0.717, 1.165) is 37.9 Å². The first kappa shape index (κ1) is 18.7. The van der Waals surface area contributed by atoms with Crippen molar-refractivity contribution in [3.8, 4) is 0 Å². The van der Waals surface area contributed by atoms with Crippen LogP contribution in [0, 0.1) is 35.0 Å². The number of allylic oxidation sites excluding steroid dienone is 4. The van der Waals surface area contributed by atoms with Gasteiger partial charge in [0.15, 0.2) is 5.82 Å². The Labute approximate surface area is 177 Å². The second-order valence-corrected chi connectivity index (χ2v) is 10.4. The number of carbonyl (C=O) groups excluding carboxylic acids is 1. The van der Waals surface area contributed by atoms with E-state index in [4.69, 9.17) is 0 Å². The molecule has 1 aromatic rings. The second-order valence-electron chi connectivity index (χ2n) is 10.4. The molecule has 5 fully saturated rings. The Bertz CT molecular complexity index is 869. The number of aliphatic hydroxyl groups excluding tert-OH is 1. The van der Waals surface area contributed by atoms with Crippen LogP contribution in [0.3, 0.4) is 0 Å². The normalized spacial score (nSPS) is 42.0. The third-order valence-corrected chi connectivity index (χ3v) is 9.09. The molecule has 0 aromatic carbocycles. The Morgan fingerprint density at radius 3 is 2.43 bits per heavy atom. The predicted molar refractivity (Wildman–Crippen MR) is 110 cm³/mol. The van der Waals surface area contributed by atoms with Crippen LogP contribution >= 0.6 is 0 Å². The summed E-state index contributed by atoms with van der Waals surface area (Å²) in [6, 6.07) is 0.